The molecule has 0 amide bonds. The Balaban J connectivity index is 2.18. The van der Waals surface area contributed by atoms with Crippen molar-refractivity contribution in [1.82, 2.24) is 0 Å². The molecule has 0 spiro atoms. The lowest BCUT2D eigenvalue weighted by Crippen LogP contribution is -2.34. The van der Waals surface area contributed by atoms with Crippen LogP contribution < -0.4 is 0 Å². The van der Waals surface area contributed by atoms with Gasteiger partial charge in [0.05, 0.1) is 13.2 Å². The van der Waals surface area contributed by atoms with E-state index < -0.39 is 7.60 Å². The highest BCUT2D eigenvalue weighted by Gasteiger charge is 2.43. The minimum atomic E-state index is -3.22. The van der Waals surface area contributed by atoms with Crippen molar-refractivity contribution >= 4 is 7.60 Å². The van der Waals surface area contributed by atoms with Crippen LogP contribution in [0.25, 0.3) is 0 Å². The van der Waals surface area contributed by atoms with E-state index in [1.54, 1.807) is 0 Å². The molecule has 0 unspecified atom stereocenters. The summed E-state index contributed by atoms with van der Waals surface area (Å²) in [5.74, 6) is 0. The summed E-state index contributed by atoms with van der Waals surface area (Å²) < 4.78 is 24.4. The van der Waals surface area contributed by atoms with Crippen molar-refractivity contribution in [2.45, 2.75) is 52.4 Å². The van der Waals surface area contributed by atoms with Crippen molar-refractivity contribution in [3.8, 4) is 0 Å². The summed E-state index contributed by atoms with van der Waals surface area (Å²) in [7, 11) is -3.22. The minimum Gasteiger partial charge on any atom is -0.304 e. The van der Waals surface area contributed by atoms with Crippen LogP contribution in [-0.4, -0.2) is 13.2 Å². The molecular weight excluding hydrogens is 271 g/mol. The summed E-state index contributed by atoms with van der Waals surface area (Å²) in [5, 5.41) is 0.568. The highest BCUT2D eigenvalue weighted by molar-refractivity contribution is 7.58. The van der Waals surface area contributed by atoms with Gasteiger partial charge in [0.2, 0.25) is 0 Å². The summed E-state index contributed by atoms with van der Waals surface area (Å²) >= 11 is 0. The molecule has 0 atom stereocenters. The zero-order chi connectivity index (χ0) is 14.6. The zero-order valence-corrected chi connectivity index (χ0v) is 13.5. The fourth-order valence-corrected chi connectivity index (χ4v) is 4.72. The van der Waals surface area contributed by atoms with E-state index >= 15 is 0 Å². The van der Waals surface area contributed by atoms with E-state index in [-0.39, 0.29) is 5.41 Å². The Hall–Kier alpha value is -0.590. The second-order valence-corrected chi connectivity index (χ2v) is 7.71. The summed E-state index contributed by atoms with van der Waals surface area (Å²) in [5.41, 5.74) is 3.88. The van der Waals surface area contributed by atoms with E-state index in [0.717, 1.165) is 37.7 Å². The first-order chi connectivity index (χ1) is 9.59. The maximum absolute atomic E-state index is 13.0. The molecule has 20 heavy (non-hydrogen) atoms. The first-order valence-electron chi connectivity index (χ1n) is 7.58. The van der Waals surface area contributed by atoms with Crippen molar-refractivity contribution in [3.63, 3.8) is 0 Å². The fraction of sp³-hybridized carbons (Fsp3) is 0.688. The van der Waals surface area contributed by atoms with Crippen molar-refractivity contribution in [1.29, 1.82) is 0 Å². The number of rotatable bonds is 4. The third kappa shape index (κ3) is 3.02. The molecule has 0 radical (unpaired) electrons. The van der Waals surface area contributed by atoms with E-state index in [2.05, 4.69) is 32.2 Å². The largest absolute Gasteiger partial charge is 0.369 e. The molecule has 1 aliphatic carbocycles. The highest BCUT2D eigenvalue weighted by atomic mass is 31.2. The van der Waals surface area contributed by atoms with E-state index in [9.17, 15) is 4.57 Å². The smallest absolute Gasteiger partial charge is 0.304 e. The summed E-state index contributed by atoms with van der Waals surface area (Å²) in [6.45, 7) is 8.94. The van der Waals surface area contributed by atoms with Crippen LogP contribution in [0.3, 0.4) is 0 Å². The van der Waals surface area contributed by atoms with Gasteiger partial charge in [0.1, 0.15) is 5.31 Å². The van der Waals surface area contributed by atoms with E-state index in [1.807, 2.05) is 0 Å². The van der Waals surface area contributed by atoms with Gasteiger partial charge in [-0.15, -0.1) is 5.73 Å². The molecule has 112 valence electrons. The molecule has 0 bridgehead atoms. The Bertz CT molecular complexity index is 468. The van der Waals surface area contributed by atoms with Crippen LogP contribution in [0.5, 0.6) is 0 Å². The Morgan fingerprint density at radius 1 is 1.35 bits per heavy atom. The molecule has 4 heteroatoms. The van der Waals surface area contributed by atoms with Gasteiger partial charge in [0, 0.05) is 5.41 Å². The van der Waals surface area contributed by atoms with Crippen LogP contribution in [0.4, 0.5) is 0 Å². The van der Waals surface area contributed by atoms with Gasteiger partial charge in [-0.25, -0.2) is 0 Å². The van der Waals surface area contributed by atoms with Gasteiger partial charge in [-0.2, -0.15) is 0 Å². The Kier molecular flexibility index (Phi) is 5.09. The molecule has 0 aromatic rings. The first kappa shape index (κ1) is 15.8. The maximum atomic E-state index is 13.0. The lowest BCUT2D eigenvalue weighted by molar-refractivity contribution is 0.0144. The van der Waals surface area contributed by atoms with E-state index in [4.69, 9.17) is 9.05 Å². The predicted octanol–water partition coefficient (Wildman–Crippen LogP) is 5.20. The van der Waals surface area contributed by atoms with Crippen LogP contribution in [0.2, 0.25) is 0 Å². The van der Waals surface area contributed by atoms with Crippen LogP contribution in [0.1, 0.15) is 52.4 Å². The third-order valence-corrected chi connectivity index (χ3v) is 6.55. The van der Waals surface area contributed by atoms with Crippen molar-refractivity contribution in [2.75, 3.05) is 13.2 Å². The Labute approximate surface area is 122 Å². The number of hydrogen-bond acceptors (Lipinski definition) is 3. The first-order valence-corrected chi connectivity index (χ1v) is 9.12. The molecule has 0 saturated carbocycles. The SMILES string of the molecule is C=C=C(C1=CCCCC1)P1(=O)OCC(CC)(CC)CO1. The van der Waals surface area contributed by atoms with Crippen LogP contribution in [-0.2, 0) is 13.6 Å². The van der Waals surface area contributed by atoms with Gasteiger partial charge < -0.3 is 9.05 Å². The lowest BCUT2D eigenvalue weighted by atomic mass is 9.84. The van der Waals surface area contributed by atoms with Crippen molar-refractivity contribution in [3.05, 3.63) is 29.3 Å². The molecule has 1 fully saturated rings. The normalized spacial score (nSPS) is 24.6. The molecule has 2 rings (SSSR count). The predicted molar refractivity (Wildman–Crippen MR) is 81.7 cm³/mol. The van der Waals surface area contributed by atoms with E-state index in [1.165, 1.54) is 6.42 Å². The summed E-state index contributed by atoms with van der Waals surface area (Å²) in [6, 6.07) is 0. The van der Waals surface area contributed by atoms with Gasteiger partial charge in [0.15, 0.2) is 0 Å². The van der Waals surface area contributed by atoms with E-state index in [0.29, 0.717) is 18.5 Å². The molecule has 1 heterocycles. The van der Waals surface area contributed by atoms with Crippen LogP contribution >= 0.6 is 7.60 Å². The highest BCUT2D eigenvalue weighted by Crippen LogP contribution is 2.63. The van der Waals surface area contributed by atoms with Crippen molar-refractivity contribution in [2.24, 2.45) is 5.41 Å². The second kappa shape index (κ2) is 6.45. The second-order valence-electron chi connectivity index (χ2n) is 5.75. The van der Waals surface area contributed by atoms with Gasteiger partial charge >= 0.3 is 7.60 Å². The van der Waals surface area contributed by atoms with Crippen molar-refractivity contribution < 1.29 is 13.6 Å². The Morgan fingerprint density at radius 2 is 2.00 bits per heavy atom. The average Bonchev–Trinajstić information content (AvgIpc) is 2.50. The summed E-state index contributed by atoms with van der Waals surface area (Å²) in [6.07, 6.45) is 8.32. The maximum Gasteiger partial charge on any atom is 0.369 e. The van der Waals surface area contributed by atoms with Gasteiger partial charge in [-0.3, -0.25) is 4.57 Å². The monoisotopic (exact) mass is 296 g/mol. The van der Waals surface area contributed by atoms with Crippen LogP contribution in [0.15, 0.2) is 29.3 Å². The molecule has 2 aliphatic rings. The zero-order valence-electron chi connectivity index (χ0n) is 12.6. The lowest BCUT2D eigenvalue weighted by Gasteiger charge is -2.39. The standard InChI is InChI=1S/C16H25O3P/c1-4-15(14-10-8-7-9-11-14)20(17)18-12-16(5-2,6-3)13-19-20/h10H,1,5-9,11-13H2,2-3H3. The van der Waals surface area contributed by atoms with Gasteiger partial charge in [-0.1, -0.05) is 26.5 Å². The molecule has 0 aromatic carbocycles. The fourth-order valence-electron chi connectivity index (χ4n) is 2.75. The number of allylic oxidation sites excluding steroid dienone is 3. The minimum absolute atomic E-state index is 0.00113. The molecule has 0 N–H and O–H groups in total. The summed E-state index contributed by atoms with van der Waals surface area (Å²) in [4.78, 5) is 0. The van der Waals surface area contributed by atoms with Crippen LogP contribution in [0, 0.1) is 5.41 Å². The molecular formula is C16H25O3P. The average molecular weight is 296 g/mol. The Morgan fingerprint density at radius 3 is 2.45 bits per heavy atom. The molecule has 1 saturated heterocycles. The number of hydrogen-bond donors (Lipinski definition) is 0. The quantitative estimate of drug-likeness (QED) is 0.528. The molecule has 0 aromatic heterocycles. The van der Waals surface area contributed by atoms with Gasteiger partial charge in [0.25, 0.3) is 0 Å². The molecule has 3 nitrogen and oxygen atoms in total. The van der Waals surface area contributed by atoms with Gasteiger partial charge in [-0.05, 0) is 44.1 Å². The molecule has 1 aliphatic heterocycles. The topological polar surface area (TPSA) is 35.5 Å². The third-order valence-electron chi connectivity index (χ3n) is 4.62.